The molecule has 0 aliphatic heterocycles. The highest BCUT2D eigenvalue weighted by Crippen LogP contribution is 2.56. The van der Waals surface area contributed by atoms with Gasteiger partial charge >= 0.3 is 0 Å². The molecule has 0 bridgehead atoms. The van der Waals surface area contributed by atoms with Crippen molar-refractivity contribution >= 4 is 11.6 Å². The maximum atomic E-state index is 10.3. The average Bonchev–Trinajstić information content (AvgIpc) is 2.85. The summed E-state index contributed by atoms with van der Waals surface area (Å²) in [5.41, 5.74) is 10.9. The number of benzene rings is 2. The standard InChI is InChI=1S/C29H27ClN4O/c1-17-10-20(14-35-26-9-8-21(30)12-18(26)2)19(3)24(11-17)27-23-7-5-4-6-22(23)25(13-31)28(34)29(27,15-32)16-33/h6,8-12,23,27H,4-5,7,14,34H2,1-3H3. The third-order valence-electron chi connectivity index (χ3n) is 7.35. The minimum atomic E-state index is -1.62. The first kappa shape index (κ1) is 24.4. The molecular weight excluding hydrogens is 456 g/mol. The monoisotopic (exact) mass is 482 g/mol. The first-order valence-electron chi connectivity index (χ1n) is 11.7. The zero-order valence-corrected chi connectivity index (χ0v) is 20.9. The van der Waals surface area contributed by atoms with Crippen molar-refractivity contribution < 1.29 is 4.74 Å². The van der Waals surface area contributed by atoms with Crippen molar-refractivity contribution in [1.82, 2.24) is 0 Å². The molecule has 6 heteroatoms. The molecule has 0 aromatic heterocycles. The molecule has 176 valence electrons. The molecule has 5 nitrogen and oxygen atoms in total. The van der Waals surface area contributed by atoms with E-state index in [0.29, 0.717) is 17.2 Å². The molecular formula is C29H27ClN4O. The maximum Gasteiger partial charge on any atom is 0.191 e. The summed E-state index contributed by atoms with van der Waals surface area (Å²) in [5, 5.41) is 31.2. The minimum absolute atomic E-state index is 0.0647. The van der Waals surface area contributed by atoms with Crippen LogP contribution in [0.25, 0.3) is 0 Å². The van der Waals surface area contributed by atoms with Gasteiger partial charge in [0.05, 0.1) is 23.4 Å². The van der Waals surface area contributed by atoms with Gasteiger partial charge in [-0.2, -0.15) is 15.8 Å². The van der Waals surface area contributed by atoms with Gasteiger partial charge in [-0.05, 0) is 92.0 Å². The van der Waals surface area contributed by atoms with Crippen LogP contribution < -0.4 is 10.5 Å². The van der Waals surface area contributed by atoms with Crippen LogP contribution in [0.4, 0.5) is 0 Å². The fraction of sp³-hybridized carbons (Fsp3) is 0.345. The minimum Gasteiger partial charge on any atom is -0.489 e. The second kappa shape index (κ2) is 9.50. The van der Waals surface area contributed by atoms with Crippen molar-refractivity contribution in [2.24, 2.45) is 17.1 Å². The van der Waals surface area contributed by atoms with E-state index in [1.54, 1.807) is 6.07 Å². The van der Waals surface area contributed by atoms with Crippen LogP contribution in [0.15, 0.2) is 53.3 Å². The lowest BCUT2D eigenvalue weighted by Gasteiger charge is -2.44. The summed E-state index contributed by atoms with van der Waals surface area (Å²) in [6.07, 6.45) is 4.65. The highest BCUT2D eigenvalue weighted by Gasteiger charge is 2.54. The molecule has 2 N–H and O–H groups in total. The van der Waals surface area contributed by atoms with Crippen LogP contribution in [0.2, 0.25) is 5.02 Å². The predicted molar refractivity (Wildman–Crippen MR) is 135 cm³/mol. The number of aryl methyl sites for hydroxylation is 2. The number of ether oxygens (including phenoxy) is 1. The topological polar surface area (TPSA) is 107 Å². The van der Waals surface area contributed by atoms with Gasteiger partial charge in [0.1, 0.15) is 18.4 Å². The van der Waals surface area contributed by atoms with Gasteiger partial charge in [0.15, 0.2) is 5.41 Å². The molecule has 0 fully saturated rings. The van der Waals surface area contributed by atoms with Gasteiger partial charge in [0.25, 0.3) is 0 Å². The van der Waals surface area contributed by atoms with Crippen molar-refractivity contribution in [2.45, 2.75) is 52.6 Å². The molecule has 0 spiro atoms. The third kappa shape index (κ3) is 4.05. The summed E-state index contributed by atoms with van der Waals surface area (Å²) in [5.74, 6) is 0.149. The number of hydrogen-bond donors (Lipinski definition) is 1. The Kier molecular flexibility index (Phi) is 6.62. The number of nitrogens with zero attached hydrogens (tertiary/aromatic N) is 3. The SMILES string of the molecule is Cc1cc(COc2ccc(Cl)cc2C)c(C)c(C2C3CCCC=C3C(C#N)=C(N)C2(C#N)C#N)c1. The molecule has 2 atom stereocenters. The fourth-order valence-corrected chi connectivity index (χ4v) is 5.81. The Morgan fingerprint density at radius 3 is 2.51 bits per heavy atom. The summed E-state index contributed by atoms with van der Waals surface area (Å²) in [6.45, 7) is 6.29. The van der Waals surface area contributed by atoms with Gasteiger partial charge in [0.2, 0.25) is 0 Å². The van der Waals surface area contributed by atoms with Crippen molar-refractivity contribution in [3.8, 4) is 24.0 Å². The van der Waals surface area contributed by atoms with Crippen LogP contribution in [-0.2, 0) is 6.61 Å². The number of fused-ring (bicyclic) bond motifs is 1. The zero-order chi connectivity index (χ0) is 25.3. The van der Waals surface area contributed by atoms with Crippen molar-refractivity contribution in [3.05, 3.63) is 86.1 Å². The molecule has 4 rings (SSSR count). The molecule has 2 aliphatic rings. The summed E-state index contributed by atoms with van der Waals surface area (Å²) in [4.78, 5) is 0. The van der Waals surface area contributed by atoms with Gasteiger partial charge in [-0.1, -0.05) is 35.4 Å². The Labute approximate surface area is 211 Å². The Bertz CT molecular complexity index is 1370. The number of nitrogens with two attached hydrogens (primary N) is 1. The Morgan fingerprint density at radius 2 is 1.86 bits per heavy atom. The van der Waals surface area contributed by atoms with Crippen molar-refractivity contribution in [2.75, 3.05) is 0 Å². The quantitative estimate of drug-likeness (QED) is 0.539. The van der Waals surface area contributed by atoms with Gasteiger partial charge in [0, 0.05) is 10.9 Å². The van der Waals surface area contributed by atoms with Gasteiger partial charge < -0.3 is 10.5 Å². The number of rotatable bonds is 4. The summed E-state index contributed by atoms with van der Waals surface area (Å²) in [7, 11) is 0. The van der Waals surface area contributed by atoms with Gasteiger partial charge in [-0.3, -0.25) is 0 Å². The van der Waals surface area contributed by atoms with E-state index >= 15 is 0 Å². The smallest absolute Gasteiger partial charge is 0.191 e. The van der Waals surface area contributed by atoms with Crippen LogP contribution in [-0.4, -0.2) is 0 Å². The molecule has 0 radical (unpaired) electrons. The summed E-state index contributed by atoms with van der Waals surface area (Å²) in [6, 6.07) is 16.3. The van der Waals surface area contributed by atoms with E-state index in [2.05, 4.69) is 36.4 Å². The number of hydrogen-bond acceptors (Lipinski definition) is 5. The largest absolute Gasteiger partial charge is 0.489 e. The Hall–Kier alpha value is -3.72. The molecule has 0 amide bonds. The normalized spacial score (nSPS) is 20.7. The van der Waals surface area contributed by atoms with E-state index in [4.69, 9.17) is 22.1 Å². The third-order valence-corrected chi connectivity index (χ3v) is 7.59. The highest BCUT2D eigenvalue weighted by atomic mass is 35.5. The van der Waals surface area contributed by atoms with Crippen molar-refractivity contribution in [1.29, 1.82) is 15.8 Å². The second-order valence-corrected chi connectivity index (χ2v) is 9.88. The van der Waals surface area contributed by atoms with Crippen molar-refractivity contribution in [3.63, 3.8) is 0 Å². The Morgan fingerprint density at radius 1 is 1.11 bits per heavy atom. The molecule has 0 saturated carbocycles. The number of nitriles is 3. The van der Waals surface area contributed by atoms with Crippen LogP contribution >= 0.6 is 11.6 Å². The fourth-order valence-electron chi connectivity index (χ4n) is 5.58. The van der Waals surface area contributed by atoms with E-state index in [1.807, 2.05) is 32.9 Å². The van der Waals surface area contributed by atoms with Crippen LogP contribution in [0.5, 0.6) is 5.75 Å². The molecule has 0 saturated heterocycles. The summed E-state index contributed by atoms with van der Waals surface area (Å²) >= 11 is 6.08. The molecule has 2 aromatic rings. The Balaban J connectivity index is 1.85. The van der Waals surface area contributed by atoms with E-state index in [-0.39, 0.29) is 11.6 Å². The van der Waals surface area contributed by atoms with Gasteiger partial charge in [-0.25, -0.2) is 0 Å². The van der Waals surface area contributed by atoms with E-state index < -0.39 is 11.3 Å². The molecule has 2 aromatic carbocycles. The van der Waals surface area contributed by atoms with Crippen LogP contribution in [0.3, 0.4) is 0 Å². The molecule has 35 heavy (non-hydrogen) atoms. The second-order valence-electron chi connectivity index (χ2n) is 9.44. The maximum absolute atomic E-state index is 10.3. The first-order valence-corrected chi connectivity index (χ1v) is 12.1. The number of halogens is 1. The lowest BCUT2D eigenvalue weighted by molar-refractivity contribution is 0.299. The van der Waals surface area contributed by atoms with E-state index in [9.17, 15) is 15.8 Å². The molecule has 2 unspecified atom stereocenters. The van der Waals surface area contributed by atoms with Crippen LogP contribution in [0.1, 0.15) is 53.0 Å². The highest BCUT2D eigenvalue weighted by molar-refractivity contribution is 6.30. The summed E-state index contributed by atoms with van der Waals surface area (Å²) < 4.78 is 6.15. The lowest BCUT2D eigenvalue weighted by atomic mass is 9.56. The van der Waals surface area contributed by atoms with Crippen LogP contribution in [0, 0.1) is 66.1 Å². The molecule has 2 aliphatic carbocycles. The first-order chi connectivity index (χ1) is 16.8. The number of allylic oxidation sites excluding steroid dienone is 4. The van der Waals surface area contributed by atoms with E-state index in [1.165, 1.54) is 0 Å². The zero-order valence-electron chi connectivity index (χ0n) is 20.2. The lowest BCUT2D eigenvalue weighted by Crippen LogP contribution is -2.43. The van der Waals surface area contributed by atoms with E-state index in [0.717, 1.165) is 58.4 Å². The predicted octanol–water partition coefficient (Wildman–Crippen LogP) is 6.44. The molecule has 0 heterocycles. The van der Waals surface area contributed by atoms with Gasteiger partial charge in [-0.15, -0.1) is 0 Å². The average molecular weight is 483 g/mol.